The van der Waals surface area contributed by atoms with E-state index >= 15 is 0 Å². The van der Waals surface area contributed by atoms with Gasteiger partial charge in [-0.25, -0.2) is 9.59 Å². The van der Waals surface area contributed by atoms with Crippen molar-refractivity contribution in [3.05, 3.63) is 155 Å². The van der Waals surface area contributed by atoms with Crippen molar-refractivity contribution in [2.24, 2.45) is 5.92 Å². The van der Waals surface area contributed by atoms with Crippen molar-refractivity contribution in [2.75, 3.05) is 0 Å². The second kappa shape index (κ2) is 45.4. The number of cyclic esters (lactones) is 4. The van der Waals surface area contributed by atoms with Crippen LogP contribution in [0.1, 0.15) is 181 Å². The quantitative estimate of drug-likeness (QED) is 0.0171. The van der Waals surface area contributed by atoms with E-state index in [1.165, 1.54) is 94.4 Å². The number of rotatable bonds is 10. The number of phenolic OH excluding ortho intramolecular Hbond substituents is 5. The second-order valence-electron chi connectivity index (χ2n) is 17.5. The molecule has 0 saturated carbocycles. The van der Waals surface area contributed by atoms with E-state index in [-0.39, 0.29) is 59.0 Å². The molecule has 2 heterocycles. The molecule has 0 aliphatic carbocycles. The van der Waals surface area contributed by atoms with Crippen LogP contribution in [0.25, 0.3) is 6.08 Å². The minimum Gasteiger partial charge on any atom is -0.508 e. The Balaban J connectivity index is -0.00000101. The molecule has 7 rings (SSSR count). The third kappa shape index (κ3) is 32.3. The van der Waals surface area contributed by atoms with Gasteiger partial charge in [-0.3, -0.25) is 24.0 Å². The van der Waals surface area contributed by atoms with Gasteiger partial charge in [0.2, 0.25) is 0 Å². The van der Waals surface area contributed by atoms with E-state index in [0.29, 0.717) is 16.7 Å². The largest absolute Gasteiger partial charge is 0.508 e. The van der Waals surface area contributed by atoms with Crippen molar-refractivity contribution < 1.29 is 88.3 Å². The molecule has 3 atom stereocenters. The van der Waals surface area contributed by atoms with Crippen molar-refractivity contribution in [3.63, 3.8) is 0 Å². The summed E-state index contributed by atoms with van der Waals surface area (Å²) in [7, 11) is 0. The van der Waals surface area contributed by atoms with E-state index in [4.69, 9.17) is 49.6 Å². The number of ether oxygens (including phenoxy) is 4. The summed E-state index contributed by atoms with van der Waals surface area (Å²) in [5.74, 6) is 7.93. The zero-order valence-corrected chi connectivity index (χ0v) is 53.5. The summed E-state index contributed by atoms with van der Waals surface area (Å²) in [6.45, 7) is 30.9. The lowest BCUT2D eigenvalue weighted by atomic mass is 9.85. The number of carboxylic acid groups (broad SMARTS) is 2. The van der Waals surface area contributed by atoms with Crippen molar-refractivity contribution in [1.82, 2.24) is 0 Å². The predicted octanol–water partition coefficient (Wildman–Crippen LogP) is 13.8. The van der Waals surface area contributed by atoms with Gasteiger partial charge in [0.25, 0.3) is 11.6 Å². The number of carbonyl (C=O) groups excluding carboxylic acids is 5. The minimum absolute atomic E-state index is 0.0222. The minimum atomic E-state index is -1.26. The van der Waals surface area contributed by atoms with E-state index in [1.54, 1.807) is 81.4 Å². The van der Waals surface area contributed by atoms with E-state index in [0.717, 1.165) is 17.4 Å². The number of hydrogen-bond donors (Lipinski definition) is 7. The maximum absolute atomic E-state index is 12.1. The fourth-order valence-corrected chi connectivity index (χ4v) is 6.88. The number of aromatic hydroxyl groups is 5. The monoisotopic (exact) mass is 1220 g/mol. The number of aldehydes is 1. The molecular weight excluding hydrogens is 1130 g/mol. The number of hydrogen-bond acceptors (Lipinski definition) is 16. The summed E-state index contributed by atoms with van der Waals surface area (Å²) in [6, 6.07) is 31.2. The maximum Gasteiger partial charge on any atom is 0.348 e. The van der Waals surface area contributed by atoms with Crippen LogP contribution in [0.4, 0.5) is 0 Å². The number of carbonyl (C=O) groups is 7. The molecule has 2 saturated heterocycles. The fraction of sp³-hybridized carbons (Fsp3) is 0.357. The van der Waals surface area contributed by atoms with Crippen LogP contribution >= 0.6 is 0 Å². The van der Waals surface area contributed by atoms with Gasteiger partial charge in [-0.05, 0) is 122 Å². The Morgan fingerprint density at radius 1 is 0.443 bits per heavy atom. The van der Waals surface area contributed by atoms with Gasteiger partial charge in [0, 0.05) is 33.3 Å². The first-order chi connectivity index (χ1) is 41.8. The molecular formula is C70H88O18. The van der Waals surface area contributed by atoms with Crippen molar-refractivity contribution in [1.29, 1.82) is 0 Å². The first-order valence-electron chi connectivity index (χ1n) is 28.5. The second-order valence-corrected chi connectivity index (χ2v) is 17.5. The van der Waals surface area contributed by atoms with Gasteiger partial charge in [0.05, 0.1) is 30.6 Å². The lowest BCUT2D eigenvalue weighted by Crippen LogP contribution is -2.48. The van der Waals surface area contributed by atoms with E-state index < -0.39 is 59.2 Å². The molecule has 7 N–H and O–H groups in total. The Kier molecular flexibility index (Phi) is 42.4. The molecule has 18 heteroatoms. The van der Waals surface area contributed by atoms with Gasteiger partial charge in [-0.1, -0.05) is 136 Å². The smallest absolute Gasteiger partial charge is 0.348 e. The molecule has 0 spiro atoms. The number of esters is 4. The average molecular weight is 1220 g/mol. The molecule has 5 aromatic rings. The maximum atomic E-state index is 12.1. The molecule has 476 valence electrons. The van der Waals surface area contributed by atoms with Crippen LogP contribution in [0.3, 0.4) is 0 Å². The van der Waals surface area contributed by atoms with Gasteiger partial charge in [-0.15, -0.1) is 17.8 Å². The Bertz CT molecular complexity index is 2980. The number of phenols is 5. The predicted molar refractivity (Wildman–Crippen MR) is 340 cm³/mol. The molecule has 0 bridgehead atoms. The average Bonchev–Trinajstić information content (AvgIpc) is 1.49. The molecule has 0 amide bonds. The topological polar surface area (TPSA) is 298 Å². The fourth-order valence-electron chi connectivity index (χ4n) is 6.88. The van der Waals surface area contributed by atoms with E-state index in [1.807, 2.05) is 69.2 Å². The standard InChI is InChI=1S/C16H16O5.C13H12O5.2C12H12O3.C7H6O2.5C2H6/c1-4-5-12(10-6-8-11(17)9-7-10)13-14(18)20-16(2,3)21-15(13)19;1-13(2)17-11(15)10(12(16)18-13)7-8-3-5-9(14)6-4-8;2*1-2-3-10(8-12(14)15)9-4-6-11(13)7-5-9;8-5-6-1-3-7(9)4-2-6;5*1-2/h6-9,12-13,17H,1-3H3;3-7,14H,1-2H3;2*4-7,10,13H,8H2,1H3,(H,14,15);1-5,9H;5*1-2H3/t;;10-;;;;;;;/m..0......./s1. The Labute approximate surface area is 519 Å². The first kappa shape index (κ1) is 82.2. The Hall–Kier alpha value is -9.99. The molecule has 2 unspecified atom stereocenters. The highest BCUT2D eigenvalue weighted by molar-refractivity contribution is 6.18. The van der Waals surface area contributed by atoms with Crippen LogP contribution in [0.15, 0.2) is 127 Å². The molecule has 88 heavy (non-hydrogen) atoms. The summed E-state index contributed by atoms with van der Waals surface area (Å²) in [4.78, 5) is 78.8. The number of aliphatic carboxylic acids is 2. The molecule has 2 aliphatic heterocycles. The summed E-state index contributed by atoms with van der Waals surface area (Å²) < 4.78 is 20.2. The summed E-state index contributed by atoms with van der Waals surface area (Å²) in [6.07, 6.45) is 2.05. The highest BCUT2D eigenvalue weighted by Gasteiger charge is 2.47. The van der Waals surface area contributed by atoms with Gasteiger partial charge in [0.1, 0.15) is 40.6 Å². The molecule has 0 aromatic heterocycles. The highest BCUT2D eigenvalue weighted by Crippen LogP contribution is 2.34. The van der Waals surface area contributed by atoms with Crippen LogP contribution in [-0.4, -0.2) is 89.4 Å². The lowest BCUT2D eigenvalue weighted by molar-refractivity contribution is -0.240. The third-order valence-corrected chi connectivity index (χ3v) is 10.4. The molecule has 0 radical (unpaired) electrons. The van der Waals surface area contributed by atoms with Crippen molar-refractivity contribution in [3.8, 4) is 64.3 Å². The lowest BCUT2D eigenvalue weighted by Gasteiger charge is -2.34. The van der Waals surface area contributed by atoms with Crippen LogP contribution in [0.5, 0.6) is 28.7 Å². The molecule has 2 fully saturated rings. The van der Waals surface area contributed by atoms with Crippen LogP contribution < -0.4 is 0 Å². The van der Waals surface area contributed by atoms with Crippen molar-refractivity contribution >= 4 is 48.2 Å². The highest BCUT2D eigenvalue weighted by atomic mass is 16.8. The third-order valence-electron chi connectivity index (χ3n) is 10.4. The zero-order chi connectivity index (χ0) is 68.2. The Morgan fingerprint density at radius 2 is 0.716 bits per heavy atom. The van der Waals surface area contributed by atoms with E-state index in [9.17, 15) is 38.7 Å². The van der Waals surface area contributed by atoms with Crippen LogP contribution in [0.2, 0.25) is 0 Å². The van der Waals surface area contributed by atoms with E-state index in [2.05, 4.69) is 35.5 Å². The summed E-state index contributed by atoms with van der Waals surface area (Å²) in [5, 5.41) is 62.8. The van der Waals surface area contributed by atoms with Gasteiger partial charge in [-0.2, -0.15) is 0 Å². The molecule has 18 nitrogen and oxygen atoms in total. The number of benzene rings is 5. The summed E-state index contributed by atoms with van der Waals surface area (Å²) in [5.41, 5.74) is 3.26. The SMILES string of the molecule is CC.CC.CC.CC.CC.CC#CC(CC(=O)O)c1ccc(O)cc1.CC#CC(c1ccc(O)cc1)C1C(=O)OC(C)(C)OC1=O.CC#C[C@@H](CC(=O)O)c1ccc(O)cc1.CC1(C)OC(=O)C(=Cc2ccc(O)cc2)C(=O)O1.O=Cc1ccc(O)cc1. The Morgan fingerprint density at radius 3 is 1.00 bits per heavy atom. The molecule has 2 aliphatic rings. The van der Waals surface area contributed by atoms with Gasteiger partial charge in [0.15, 0.2) is 5.92 Å². The van der Waals surface area contributed by atoms with Crippen LogP contribution in [-0.2, 0) is 47.7 Å². The first-order valence-corrected chi connectivity index (χ1v) is 28.5. The van der Waals surface area contributed by atoms with Crippen molar-refractivity contribution in [2.45, 2.75) is 160 Å². The summed E-state index contributed by atoms with van der Waals surface area (Å²) >= 11 is 0. The van der Waals surface area contributed by atoms with Crippen LogP contribution in [0, 0.1) is 41.4 Å². The zero-order valence-electron chi connectivity index (χ0n) is 53.5. The van der Waals surface area contributed by atoms with Gasteiger partial charge >= 0.3 is 35.8 Å². The molecule has 5 aromatic carbocycles. The van der Waals surface area contributed by atoms with Gasteiger partial charge < -0.3 is 54.7 Å². The normalized spacial score (nSPS) is 13.3. The number of carboxylic acids is 2.